The van der Waals surface area contributed by atoms with E-state index in [2.05, 4.69) is 22.3 Å². The smallest absolute Gasteiger partial charge is 0.258 e. The lowest BCUT2D eigenvalue weighted by molar-refractivity contribution is 0.0521. The number of aliphatic hydroxyl groups excluding tert-OH is 2. The molecular weight excluding hydrogens is 452 g/mol. The summed E-state index contributed by atoms with van der Waals surface area (Å²) in [5.74, 6) is 1.15. The molecule has 0 spiro atoms. The monoisotopic (exact) mass is 478 g/mol. The zero-order valence-corrected chi connectivity index (χ0v) is 19.8. The van der Waals surface area contributed by atoms with Crippen molar-refractivity contribution in [3.05, 3.63) is 87.8 Å². The Kier molecular flexibility index (Phi) is 7.42. The summed E-state index contributed by atoms with van der Waals surface area (Å²) in [4.78, 5) is 16.7. The van der Waals surface area contributed by atoms with Gasteiger partial charge >= 0.3 is 0 Å². The van der Waals surface area contributed by atoms with Gasteiger partial charge < -0.3 is 19.7 Å². The van der Waals surface area contributed by atoms with Gasteiger partial charge in [-0.2, -0.15) is 0 Å². The summed E-state index contributed by atoms with van der Waals surface area (Å²) >= 11 is 1.31. The van der Waals surface area contributed by atoms with Gasteiger partial charge in [0.15, 0.2) is 0 Å². The molecule has 2 heterocycles. The van der Waals surface area contributed by atoms with E-state index in [1.807, 2.05) is 49.4 Å². The van der Waals surface area contributed by atoms with Gasteiger partial charge in [-0.25, -0.2) is 4.98 Å². The zero-order chi connectivity index (χ0) is 24.1. The standard InChI is InChI=1S/C26H26N2O5S/c1-16-19(14-32-21-8-6-18(7-9-21)24-12-25(31)28-34-24)4-3-5-22(16)23-10-11-26(27-17(23)2)33-15-20(30)13-29/h3-12,20,29-30H,13-15H2,1-2H3,(H,28,31)/t20-/m0/s1. The molecule has 8 heteroatoms. The van der Waals surface area contributed by atoms with E-state index in [1.54, 1.807) is 12.1 Å². The summed E-state index contributed by atoms with van der Waals surface area (Å²) in [7, 11) is 0. The van der Waals surface area contributed by atoms with Gasteiger partial charge in [-0.3, -0.25) is 9.17 Å². The van der Waals surface area contributed by atoms with Gasteiger partial charge in [-0.15, -0.1) is 0 Å². The second-order valence-corrected chi connectivity index (χ2v) is 8.76. The predicted octanol–water partition coefficient (Wildman–Crippen LogP) is 4.09. The molecule has 4 aromatic rings. The molecule has 176 valence electrons. The molecule has 2 aromatic carbocycles. The van der Waals surface area contributed by atoms with E-state index in [0.29, 0.717) is 12.5 Å². The number of nitrogens with zero attached hydrogens (tertiary/aromatic N) is 1. The Labute approximate surface area is 201 Å². The summed E-state index contributed by atoms with van der Waals surface area (Å²) in [6.07, 6.45) is -0.934. The number of aryl methyl sites for hydroxylation is 1. The molecule has 0 aliphatic rings. The Morgan fingerprint density at radius 3 is 2.50 bits per heavy atom. The number of ether oxygens (including phenoxy) is 2. The van der Waals surface area contributed by atoms with Gasteiger partial charge in [-0.1, -0.05) is 29.7 Å². The second-order valence-electron chi connectivity index (χ2n) is 7.91. The quantitative estimate of drug-likeness (QED) is 0.335. The second kappa shape index (κ2) is 10.6. The predicted molar refractivity (Wildman–Crippen MR) is 132 cm³/mol. The minimum absolute atomic E-state index is 0.0133. The van der Waals surface area contributed by atoms with Gasteiger partial charge in [0.05, 0.1) is 11.5 Å². The van der Waals surface area contributed by atoms with Crippen molar-refractivity contribution < 1.29 is 19.7 Å². The van der Waals surface area contributed by atoms with Crippen LogP contribution in [0.25, 0.3) is 21.6 Å². The average Bonchev–Trinajstić information content (AvgIpc) is 3.29. The highest BCUT2D eigenvalue weighted by atomic mass is 32.1. The van der Waals surface area contributed by atoms with Crippen molar-refractivity contribution >= 4 is 11.5 Å². The van der Waals surface area contributed by atoms with E-state index >= 15 is 0 Å². The minimum atomic E-state index is -0.934. The Morgan fingerprint density at radius 1 is 1.03 bits per heavy atom. The molecule has 0 fully saturated rings. The first-order valence-corrected chi connectivity index (χ1v) is 11.7. The van der Waals surface area contributed by atoms with E-state index in [1.165, 1.54) is 11.5 Å². The van der Waals surface area contributed by atoms with Crippen molar-refractivity contribution in [2.45, 2.75) is 26.6 Å². The fraction of sp³-hybridized carbons (Fsp3) is 0.231. The third-order valence-corrected chi connectivity index (χ3v) is 6.36. The van der Waals surface area contributed by atoms with Crippen molar-refractivity contribution in [2.24, 2.45) is 0 Å². The molecule has 34 heavy (non-hydrogen) atoms. The number of pyridine rings is 1. The maximum absolute atomic E-state index is 11.4. The number of aromatic nitrogens is 2. The van der Waals surface area contributed by atoms with Crippen LogP contribution in [0.4, 0.5) is 0 Å². The maximum atomic E-state index is 11.4. The fourth-order valence-electron chi connectivity index (χ4n) is 3.57. The first kappa shape index (κ1) is 23.7. The molecule has 0 radical (unpaired) electrons. The van der Waals surface area contributed by atoms with Gasteiger partial charge in [0.25, 0.3) is 5.56 Å². The van der Waals surface area contributed by atoms with Crippen LogP contribution in [-0.4, -0.2) is 38.9 Å². The van der Waals surface area contributed by atoms with Crippen LogP contribution in [0.1, 0.15) is 16.8 Å². The Morgan fingerprint density at radius 2 is 1.82 bits per heavy atom. The number of aromatic amines is 1. The van der Waals surface area contributed by atoms with Crippen molar-refractivity contribution in [3.63, 3.8) is 0 Å². The van der Waals surface area contributed by atoms with Crippen molar-refractivity contribution in [1.29, 1.82) is 0 Å². The van der Waals surface area contributed by atoms with E-state index in [9.17, 15) is 9.90 Å². The highest BCUT2D eigenvalue weighted by Gasteiger charge is 2.12. The zero-order valence-electron chi connectivity index (χ0n) is 18.9. The molecule has 4 rings (SSSR count). The number of rotatable bonds is 9. The van der Waals surface area contributed by atoms with Gasteiger partial charge in [0.1, 0.15) is 25.1 Å². The first-order valence-electron chi connectivity index (χ1n) is 10.8. The Balaban J connectivity index is 1.46. The lowest BCUT2D eigenvalue weighted by atomic mass is 9.96. The highest BCUT2D eigenvalue weighted by Crippen LogP contribution is 2.30. The van der Waals surface area contributed by atoms with Gasteiger partial charge in [-0.05, 0) is 66.4 Å². The van der Waals surface area contributed by atoms with Crippen LogP contribution in [0.2, 0.25) is 0 Å². The van der Waals surface area contributed by atoms with Gasteiger partial charge in [0, 0.05) is 23.4 Å². The van der Waals surface area contributed by atoms with Crippen molar-refractivity contribution in [3.8, 4) is 33.2 Å². The molecular formula is C26H26N2O5S. The topological polar surface area (TPSA) is 105 Å². The number of hydrogen-bond acceptors (Lipinski definition) is 7. The minimum Gasteiger partial charge on any atom is -0.489 e. The summed E-state index contributed by atoms with van der Waals surface area (Å²) in [5.41, 5.74) is 5.90. The van der Waals surface area contributed by atoms with Crippen LogP contribution >= 0.6 is 11.5 Å². The van der Waals surface area contributed by atoms with E-state index in [4.69, 9.17) is 14.6 Å². The van der Waals surface area contributed by atoms with E-state index < -0.39 is 6.10 Å². The first-order chi connectivity index (χ1) is 16.4. The fourth-order valence-corrected chi connectivity index (χ4v) is 4.26. The number of aliphatic hydroxyl groups is 2. The van der Waals surface area contributed by atoms with Crippen molar-refractivity contribution in [2.75, 3.05) is 13.2 Å². The molecule has 0 saturated heterocycles. The number of hydrogen-bond donors (Lipinski definition) is 3. The molecule has 0 saturated carbocycles. The van der Waals surface area contributed by atoms with Crippen LogP contribution in [0, 0.1) is 13.8 Å². The van der Waals surface area contributed by atoms with Crippen LogP contribution < -0.4 is 15.0 Å². The molecule has 0 bridgehead atoms. The van der Waals surface area contributed by atoms with E-state index in [0.717, 1.165) is 44.1 Å². The Hall–Kier alpha value is -3.46. The summed E-state index contributed by atoms with van der Waals surface area (Å²) in [6.45, 7) is 4.02. The maximum Gasteiger partial charge on any atom is 0.258 e. The van der Waals surface area contributed by atoms with Crippen molar-refractivity contribution in [1.82, 2.24) is 9.36 Å². The van der Waals surface area contributed by atoms with Crippen LogP contribution in [0.3, 0.4) is 0 Å². The summed E-state index contributed by atoms with van der Waals surface area (Å²) in [5, 5.41) is 18.4. The molecule has 0 aliphatic carbocycles. The molecule has 2 aromatic heterocycles. The molecule has 0 unspecified atom stereocenters. The lowest BCUT2D eigenvalue weighted by Crippen LogP contribution is -2.21. The van der Waals surface area contributed by atoms with E-state index in [-0.39, 0.29) is 18.8 Å². The van der Waals surface area contributed by atoms with Crippen LogP contribution in [0.15, 0.2) is 65.5 Å². The molecule has 3 N–H and O–H groups in total. The average molecular weight is 479 g/mol. The normalized spacial score (nSPS) is 11.9. The number of H-pyrrole nitrogens is 1. The Bertz CT molecular complexity index is 1310. The highest BCUT2D eigenvalue weighted by molar-refractivity contribution is 7.09. The molecule has 7 nitrogen and oxygen atoms in total. The summed E-state index contributed by atoms with van der Waals surface area (Å²) < 4.78 is 14.2. The number of benzene rings is 2. The third kappa shape index (κ3) is 5.53. The molecule has 1 atom stereocenters. The SMILES string of the molecule is Cc1nc(OC[C@@H](O)CO)ccc1-c1cccc(COc2ccc(-c3cc(=O)[nH]s3)cc2)c1C. The number of nitrogens with one attached hydrogen (secondary N) is 1. The van der Waals surface area contributed by atoms with Crippen LogP contribution in [-0.2, 0) is 6.61 Å². The van der Waals surface area contributed by atoms with Gasteiger partial charge in [0.2, 0.25) is 5.88 Å². The summed E-state index contributed by atoms with van der Waals surface area (Å²) in [6, 6.07) is 19.1. The largest absolute Gasteiger partial charge is 0.489 e. The molecule has 0 aliphatic heterocycles. The lowest BCUT2D eigenvalue weighted by Gasteiger charge is -2.15. The van der Waals surface area contributed by atoms with Crippen LogP contribution in [0.5, 0.6) is 11.6 Å². The molecule has 0 amide bonds. The third-order valence-electron chi connectivity index (χ3n) is 5.49.